The average molecular weight is 259 g/mol. The smallest absolute Gasteiger partial charge is 0.161 e. The van der Waals surface area contributed by atoms with Crippen molar-refractivity contribution in [1.29, 1.82) is 0 Å². The van der Waals surface area contributed by atoms with E-state index in [-0.39, 0.29) is 6.04 Å². The summed E-state index contributed by atoms with van der Waals surface area (Å²) in [6, 6.07) is 6.11. The van der Waals surface area contributed by atoms with E-state index in [1.165, 1.54) is 31.3 Å². The van der Waals surface area contributed by atoms with Gasteiger partial charge in [0.2, 0.25) is 0 Å². The largest absolute Gasteiger partial charge is 0.486 e. The summed E-state index contributed by atoms with van der Waals surface area (Å²) >= 11 is 0. The quantitative estimate of drug-likeness (QED) is 0.847. The van der Waals surface area contributed by atoms with Gasteiger partial charge in [-0.3, -0.25) is 0 Å². The molecule has 0 aromatic heterocycles. The summed E-state index contributed by atoms with van der Waals surface area (Å²) in [6.07, 6.45) is 8.37. The minimum absolute atomic E-state index is 0.0557. The lowest BCUT2D eigenvalue weighted by Crippen LogP contribution is -2.17. The molecule has 1 unspecified atom stereocenters. The molecule has 1 aromatic rings. The lowest BCUT2D eigenvalue weighted by Gasteiger charge is -2.21. The van der Waals surface area contributed by atoms with E-state index >= 15 is 0 Å². The van der Waals surface area contributed by atoms with Gasteiger partial charge < -0.3 is 15.2 Å². The SMILES string of the molecule is NC(CC1=CCCCC1)c1ccc2c(c1)OCCO2. The molecular formula is C16H21NO2. The molecule has 1 heterocycles. The third kappa shape index (κ3) is 2.92. The van der Waals surface area contributed by atoms with Crippen LogP contribution in [0.15, 0.2) is 29.8 Å². The maximum absolute atomic E-state index is 6.32. The van der Waals surface area contributed by atoms with E-state index in [2.05, 4.69) is 12.1 Å². The van der Waals surface area contributed by atoms with Crippen molar-refractivity contribution in [3.63, 3.8) is 0 Å². The van der Waals surface area contributed by atoms with E-state index < -0.39 is 0 Å². The fourth-order valence-electron chi connectivity index (χ4n) is 2.78. The van der Waals surface area contributed by atoms with Gasteiger partial charge in [0.1, 0.15) is 13.2 Å². The Balaban J connectivity index is 1.72. The first-order chi connectivity index (χ1) is 9.33. The summed E-state index contributed by atoms with van der Waals surface area (Å²) < 4.78 is 11.1. The number of rotatable bonds is 3. The fraction of sp³-hybridized carbons (Fsp3) is 0.500. The highest BCUT2D eigenvalue weighted by Crippen LogP contribution is 2.34. The summed E-state index contributed by atoms with van der Waals surface area (Å²) in [5.41, 5.74) is 8.96. The molecule has 102 valence electrons. The van der Waals surface area contributed by atoms with E-state index in [1.807, 2.05) is 12.1 Å². The van der Waals surface area contributed by atoms with Crippen LogP contribution >= 0.6 is 0 Å². The topological polar surface area (TPSA) is 44.5 Å². The van der Waals surface area contributed by atoms with Crippen molar-refractivity contribution in [3.8, 4) is 11.5 Å². The van der Waals surface area contributed by atoms with Crippen LogP contribution in [0.1, 0.15) is 43.7 Å². The predicted octanol–water partition coefficient (Wildman–Crippen LogP) is 3.35. The number of hydrogen-bond acceptors (Lipinski definition) is 3. The molecule has 1 aliphatic carbocycles. The molecule has 3 rings (SSSR count). The van der Waals surface area contributed by atoms with E-state index in [0.29, 0.717) is 13.2 Å². The van der Waals surface area contributed by atoms with E-state index in [0.717, 1.165) is 23.5 Å². The van der Waals surface area contributed by atoms with Gasteiger partial charge in [-0.05, 0) is 49.8 Å². The van der Waals surface area contributed by atoms with Gasteiger partial charge in [0.25, 0.3) is 0 Å². The molecule has 2 aliphatic rings. The van der Waals surface area contributed by atoms with E-state index in [9.17, 15) is 0 Å². The Hall–Kier alpha value is -1.48. The fourth-order valence-corrected chi connectivity index (χ4v) is 2.78. The minimum Gasteiger partial charge on any atom is -0.486 e. The van der Waals surface area contributed by atoms with Gasteiger partial charge in [-0.1, -0.05) is 17.7 Å². The Morgan fingerprint density at radius 1 is 1.11 bits per heavy atom. The van der Waals surface area contributed by atoms with Crippen LogP contribution in [0.25, 0.3) is 0 Å². The second kappa shape index (κ2) is 5.66. The predicted molar refractivity (Wildman–Crippen MR) is 75.5 cm³/mol. The Morgan fingerprint density at radius 3 is 2.74 bits per heavy atom. The second-order valence-electron chi connectivity index (χ2n) is 5.32. The highest BCUT2D eigenvalue weighted by Gasteiger charge is 2.16. The highest BCUT2D eigenvalue weighted by molar-refractivity contribution is 5.44. The molecule has 0 amide bonds. The maximum Gasteiger partial charge on any atom is 0.161 e. The summed E-state index contributed by atoms with van der Waals surface area (Å²) in [6.45, 7) is 1.25. The summed E-state index contributed by atoms with van der Waals surface area (Å²) in [5, 5.41) is 0. The minimum atomic E-state index is 0.0557. The molecule has 0 spiro atoms. The lowest BCUT2D eigenvalue weighted by molar-refractivity contribution is 0.171. The maximum atomic E-state index is 6.32. The van der Waals surface area contributed by atoms with Gasteiger partial charge in [0.05, 0.1) is 0 Å². The first kappa shape index (κ1) is 12.5. The summed E-state index contributed by atoms with van der Waals surface area (Å²) in [5.74, 6) is 1.66. The molecule has 3 nitrogen and oxygen atoms in total. The van der Waals surface area contributed by atoms with Crippen LogP contribution in [-0.2, 0) is 0 Å². The number of nitrogens with two attached hydrogens (primary N) is 1. The number of hydrogen-bond donors (Lipinski definition) is 1. The Kier molecular flexibility index (Phi) is 3.74. The van der Waals surface area contributed by atoms with Gasteiger partial charge >= 0.3 is 0 Å². The molecule has 1 atom stereocenters. The van der Waals surface area contributed by atoms with Gasteiger partial charge in [-0.15, -0.1) is 0 Å². The van der Waals surface area contributed by atoms with Gasteiger partial charge in [-0.2, -0.15) is 0 Å². The van der Waals surface area contributed by atoms with Gasteiger partial charge in [0.15, 0.2) is 11.5 Å². The average Bonchev–Trinajstić information content (AvgIpc) is 2.48. The monoisotopic (exact) mass is 259 g/mol. The van der Waals surface area contributed by atoms with Crippen molar-refractivity contribution in [2.75, 3.05) is 13.2 Å². The van der Waals surface area contributed by atoms with Crippen LogP contribution in [0.3, 0.4) is 0 Å². The van der Waals surface area contributed by atoms with Crippen LogP contribution in [0.2, 0.25) is 0 Å². The standard InChI is InChI=1S/C16H21NO2/c17-14(10-12-4-2-1-3-5-12)13-6-7-15-16(11-13)19-9-8-18-15/h4,6-7,11,14H,1-3,5,8-10,17H2. The van der Waals surface area contributed by atoms with Crippen molar-refractivity contribution < 1.29 is 9.47 Å². The van der Waals surface area contributed by atoms with Crippen molar-refractivity contribution >= 4 is 0 Å². The Labute approximate surface area is 114 Å². The zero-order valence-corrected chi connectivity index (χ0v) is 11.2. The van der Waals surface area contributed by atoms with Crippen LogP contribution in [-0.4, -0.2) is 13.2 Å². The molecule has 0 bridgehead atoms. The Morgan fingerprint density at radius 2 is 1.95 bits per heavy atom. The van der Waals surface area contributed by atoms with E-state index in [1.54, 1.807) is 0 Å². The van der Waals surface area contributed by atoms with Crippen LogP contribution in [0.4, 0.5) is 0 Å². The molecule has 3 heteroatoms. The van der Waals surface area contributed by atoms with Crippen LogP contribution in [0, 0.1) is 0 Å². The first-order valence-electron chi connectivity index (χ1n) is 7.16. The van der Waals surface area contributed by atoms with Crippen molar-refractivity contribution in [1.82, 2.24) is 0 Å². The molecular weight excluding hydrogens is 238 g/mol. The summed E-state index contributed by atoms with van der Waals surface area (Å²) in [7, 11) is 0. The lowest BCUT2D eigenvalue weighted by atomic mass is 9.92. The molecule has 1 aliphatic heterocycles. The molecule has 19 heavy (non-hydrogen) atoms. The summed E-state index contributed by atoms with van der Waals surface area (Å²) in [4.78, 5) is 0. The number of fused-ring (bicyclic) bond motifs is 1. The molecule has 0 fully saturated rings. The zero-order valence-electron chi connectivity index (χ0n) is 11.2. The first-order valence-corrected chi connectivity index (χ1v) is 7.16. The molecule has 2 N–H and O–H groups in total. The second-order valence-corrected chi connectivity index (χ2v) is 5.32. The normalized spacial score (nSPS) is 19.7. The van der Waals surface area contributed by atoms with Gasteiger partial charge in [-0.25, -0.2) is 0 Å². The zero-order chi connectivity index (χ0) is 13.1. The Bertz CT molecular complexity index is 482. The number of benzene rings is 1. The highest BCUT2D eigenvalue weighted by atomic mass is 16.6. The molecule has 0 radical (unpaired) electrons. The van der Waals surface area contributed by atoms with Crippen LogP contribution < -0.4 is 15.2 Å². The molecule has 0 saturated heterocycles. The number of ether oxygens (including phenoxy) is 2. The molecule has 0 saturated carbocycles. The number of allylic oxidation sites excluding steroid dienone is 1. The van der Waals surface area contributed by atoms with Crippen LogP contribution in [0.5, 0.6) is 11.5 Å². The third-order valence-corrected chi connectivity index (χ3v) is 3.86. The molecule has 1 aromatic carbocycles. The van der Waals surface area contributed by atoms with Crippen molar-refractivity contribution in [2.24, 2.45) is 5.73 Å². The third-order valence-electron chi connectivity index (χ3n) is 3.86. The van der Waals surface area contributed by atoms with E-state index in [4.69, 9.17) is 15.2 Å². The van der Waals surface area contributed by atoms with Crippen molar-refractivity contribution in [2.45, 2.75) is 38.1 Å². The van der Waals surface area contributed by atoms with Gasteiger partial charge in [0, 0.05) is 6.04 Å². The van der Waals surface area contributed by atoms with Crippen molar-refractivity contribution in [3.05, 3.63) is 35.4 Å².